The number of hydrogen-bond acceptors (Lipinski definition) is 7. The van der Waals surface area contributed by atoms with Crippen molar-refractivity contribution in [1.29, 1.82) is 0 Å². The molecule has 0 aliphatic rings. The van der Waals surface area contributed by atoms with Gasteiger partial charge in [0.25, 0.3) is 0 Å². The van der Waals surface area contributed by atoms with Gasteiger partial charge in [-0.25, -0.2) is 4.79 Å². The highest BCUT2D eigenvalue weighted by molar-refractivity contribution is 7.80. The van der Waals surface area contributed by atoms with Gasteiger partial charge < -0.3 is 32.1 Å². The second-order valence-corrected chi connectivity index (χ2v) is 8.89. The molecule has 0 spiro atoms. The van der Waals surface area contributed by atoms with Crippen molar-refractivity contribution in [3.63, 3.8) is 0 Å². The summed E-state index contributed by atoms with van der Waals surface area (Å²) in [6, 6.07) is -3.86. The lowest BCUT2D eigenvalue weighted by atomic mass is 10.0. The first-order valence-corrected chi connectivity index (χ1v) is 13.0. The number of carboxylic acid groups (broad SMARTS) is 1. The molecular weight excluding hydrogens is 474 g/mol. The van der Waals surface area contributed by atoms with Gasteiger partial charge in [0.1, 0.15) is 24.2 Å². The van der Waals surface area contributed by atoms with Crippen LogP contribution in [0.15, 0.2) is 0 Å². The van der Waals surface area contributed by atoms with E-state index in [0.29, 0.717) is 45.1 Å². The van der Waals surface area contributed by atoms with Crippen molar-refractivity contribution in [2.45, 2.75) is 103 Å². The monoisotopic (exact) mass is 517 g/mol. The first-order valence-electron chi connectivity index (χ1n) is 12.3. The Morgan fingerprint density at radius 3 is 1.51 bits per heavy atom. The number of amides is 4. The summed E-state index contributed by atoms with van der Waals surface area (Å²) in [5.41, 5.74) is 5.46. The molecule has 0 aliphatic heterocycles. The smallest absolute Gasteiger partial charge is 0.326 e. The molecule has 35 heavy (non-hydrogen) atoms. The predicted molar refractivity (Wildman–Crippen MR) is 137 cm³/mol. The third-order valence-electron chi connectivity index (χ3n) is 5.40. The molecule has 7 N–H and O–H groups in total. The summed E-state index contributed by atoms with van der Waals surface area (Å²) in [5, 5.41) is 19.8. The van der Waals surface area contributed by atoms with Crippen molar-refractivity contribution >= 4 is 42.2 Å². The van der Waals surface area contributed by atoms with Crippen LogP contribution in [-0.4, -0.2) is 71.2 Å². The van der Waals surface area contributed by atoms with E-state index < -0.39 is 53.8 Å². The minimum atomic E-state index is -1.15. The van der Waals surface area contributed by atoms with Gasteiger partial charge in [0.15, 0.2) is 0 Å². The van der Waals surface area contributed by atoms with Crippen LogP contribution in [0.25, 0.3) is 0 Å². The molecule has 0 aromatic rings. The number of unbranched alkanes of at least 4 members (excludes halogenated alkanes) is 3. The zero-order valence-electron chi connectivity index (χ0n) is 21.1. The summed E-state index contributed by atoms with van der Waals surface area (Å²) in [6.45, 7) is 5.59. The third-order valence-corrected chi connectivity index (χ3v) is 5.76. The van der Waals surface area contributed by atoms with Crippen LogP contribution in [0.1, 0.15) is 78.6 Å². The lowest BCUT2D eigenvalue weighted by molar-refractivity contribution is -0.142. The molecule has 4 amide bonds. The summed E-state index contributed by atoms with van der Waals surface area (Å²) in [4.78, 5) is 61.5. The zero-order valence-corrected chi connectivity index (χ0v) is 22.0. The van der Waals surface area contributed by atoms with E-state index in [9.17, 15) is 29.1 Å². The molecule has 0 heterocycles. The van der Waals surface area contributed by atoms with E-state index in [0.717, 1.165) is 12.8 Å². The number of aliphatic carboxylic acids is 1. The highest BCUT2D eigenvalue weighted by atomic mass is 32.1. The van der Waals surface area contributed by atoms with Crippen LogP contribution in [0.4, 0.5) is 0 Å². The third kappa shape index (κ3) is 14.0. The Morgan fingerprint density at radius 1 is 0.714 bits per heavy atom. The fourth-order valence-electron chi connectivity index (χ4n) is 3.36. The molecule has 0 saturated heterocycles. The molecular formula is C23H43N5O6S. The van der Waals surface area contributed by atoms with Crippen molar-refractivity contribution in [1.82, 2.24) is 21.3 Å². The van der Waals surface area contributed by atoms with Crippen molar-refractivity contribution in [3.05, 3.63) is 0 Å². The Hall–Kier alpha value is -2.34. The van der Waals surface area contributed by atoms with Gasteiger partial charge in [0.2, 0.25) is 23.6 Å². The van der Waals surface area contributed by atoms with Gasteiger partial charge in [-0.2, -0.15) is 12.6 Å². The predicted octanol–water partition coefficient (Wildman–Crippen LogP) is 0.469. The standard InChI is InChI=1S/C23H43N5O6S/c1-4-6-10-16(27-22(32)19(14-35)25-15(3)29)20(30)26-17(11-7-5-2)21(31)28-18(23(33)34)12-8-9-13-24/h16-19,35H,4-14,24H2,1-3H3,(H,25,29)(H,26,30)(H,27,32)(H,28,31)(H,33,34)/t16-,17-,18-,19-/m0/s1. The van der Waals surface area contributed by atoms with Gasteiger partial charge >= 0.3 is 5.97 Å². The Balaban J connectivity index is 5.46. The molecule has 0 aromatic heterocycles. The fourth-order valence-corrected chi connectivity index (χ4v) is 3.62. The van der Waals surface area contributed by atoms with Gasteiger partial charge in [-0.3, -0.25) is 19.2 Å². The van der Waals surface area contributed by atoms with E-state index >= 15 is 0 Å². The summed E-state index contributed by atoms with van der Waals surface area (Å²) >= 11 is 4.09. The van der Waals surface area contributed by atoms with Crippen molar-refractivity contribution in [2.75, 3.05) is 12.3 Å². The van der Waals surface area contributed by atoms with E-state index in [1.807, 2.05) is 13.8 Å². The van der Waals surface area contributed by atoms with Crippen molar-refractivity contribution < 1.29 is 29.1 Å². The van der Waals surface area contributed by atoms with Gasteiger partial charge in [0, 0.05) is 12.7 Å². The highest BCUT2D eigenvalue weighted by Crippen LogP contribution is 2.08. The number of nitrogens with one attached hydrogen (secondary N) is 4. The molecule has 0 rings (SSSR count). The molecule has 0 unspecified atom stereocenters. The topological polar surface area (TPSA) is 180 Å². The van der Waals surface area contributed by atoms with E-state index in [-0.39, 0.29) is 12.2 Å². The maximum atomic E-state index is 13.1. The SMILES string of the molecule is CCCC[C@H](NC(=O)[C@H](CCCC)NC(=O)[C@H](CS)NC(C)=O)C(=O)N[C@@H](CCCCN)C(=O)O. The summed E-state index contributed by atoms with van der Waals surface area (Å²) in [7, 11) is 0. The maximum Gasteiger partial charge on any atom is 0.326 e. The van der Waals surface area contributed by atoms with E-state index in [4.69, 9.17) is 5.73 Å². The van der Waals surface area contributed by atoms with E-state index in [2.05, 4.69) is 33.9 Å². The van der Waals surface area contributed by atoms with Crippen LogP contribution < -0.4 is 27.0 Å². The zero-order chi connectivity index (χ0) is 26.8. The summed E-state index contributed by atoms with van der Waals surface area (Å²) in [6.07, 6.45) is 4.92. The van der Waals surface area contributed by atoms with Crippen LogP contribution in [-0.2, 0) is 24.0 Å². The minimum absolute atomic E-state index is 0.0514. The number of nitrogens with two attached hydrogens (primary N) is 1. The molecule has 0 fully saturated rings. The minimum Gasteiger partial charge on any atom is -0.480 e. The molecule has 202 valence electrons. The highest BCUT2D eigenvalue weighted by Gasteiger charge is 2.30. The van der Waals surface area contributed by atoms with Crippen molar-refractivity contribution in [2.24, 2.45) is 5.73 Å². The molecule has 4 atom stereocenters. The Morgan fingerprint density at radius 2 is 1.14 bits per heavy atom. The molecule has 0 bridgehead atoms. The second-order valence-electron chi connectivity index (χ2n) is 8.53. The van der Waals surface area contributed by atoms with Crippen LogP contribution in [0.3, 0.4) is 0 Å². The van der Waals surface area contributed by atoms with Gasteiger partial charge in [-0.15, -0.1) is 0 Å². The number of thiol groups is 1. The number of carbonyl (C=O) groups is 5. The quantitative estimate of drug-likeness (QED) is 0.0960. The number of rotatable bonds is 19. The van der Waals surface area contributed by atoms with E-state index in [1.54, 1.807) is 0 Å². The lowest BCUT2D eigenvalue weighted by Gasteiger charge is -2.25. The number of carboxylic acids is 1. The van der Waals surface area contributed by atoms with Crippen LogP contribution in [0.2, 0.25) is 0 Å². The largest absolute Gasteiger partial charge is 0.480 e. The van der Waals surface area contributed by atoms with Crippen LogP contribution >= 0.6 is 12.6 Å². The van der Waals surface area contributed by atoms with Gasteiger partial charge in [0.05, 0.1) is 0 Å². The Bertz CT molecular complexity index is 693. The number of hydrogen-bond donors (Lipinski definition) is 7. The average Bonchev–Trinajstić information content (AvgIpc) is 2.81. The van der Waals surface area contributed by atoms with Crippen LogP contribution in [0, 0.1) is 0 Å². The molecule has 11 nitrogen and oxygen atoms in total. The van der Waals surface area contributed by atoms with Crippen molar-refractivity contribution in [3.8, 4) is 0 Å². The first-order chi connectivity index (χ1) is 16.6. The lowest BCUT2D eigenvalue weighted by Crippen LogP contribution is -2.57. The van der Waals surface area contributed by atoms with E-state index in [1.165, 1.54) is 6.92 Å². The molecule has 0 saturated carbocycles. The Kier molecular flexibility index (Phi) is 17.7. The molecule has 0 aliphatic carbocycles. The maximum absolute atomic E-state index is 13.1. The molecule has 0 aromatic carbocycles. The normalized spacial score (nSPS) is 14.2. The average molecular weight is 518 g/mol. The fraction of sp³-hybridized carbons (Fsp3) is 0.783. The Labute approximate surface area is 213 Å². The number of carbonyl (C=O) groups excluding carboxylic acids is 4. The summed E-state index contributed by atoms with van der Waals surface area (Å²) in [5.74, 6) is -3.18. The van der Waals surface area contributed by atoms with Crippen LogP contribution in [0.5, 0.6) is 0 Å². The van der Waals surface area contributed by atoms with Gasteiger partial charge in [-0.1, -0.05) is 39.5 Å². The van der Waals surface area contributed by atoms with Gasteiger partial charge in [-0.05, 0) is 38.6 Å². The summed E-state index contributed by atoms with van der Waals surface area (Å²) < 4.78 is 0. The molecule has 0 radical (unpaired) electrons. The molecule has 12 heteroatoms. The second kappa shape index (κ2) is 18.9. The first kappa shape index (κ1) is 32.7.